The average molecular weight is 290 g/mol. The van der Waals surface area contributed by atoms with E-state index in [4.69, 9.17) is 0 Å². The number of aliphatic carboxylic acids is 1. The summed E-state index contributed by atoms with van der Waals surface area (Å²) in [7, 11) is 0. The van der Waals surface area contributed by atoms with Crippen molar-refractivity contribution < 1.29 is 14.3 Å². The van der Waals surface area contributed by atoms with Gasteiger partial charge in [-0.15, -0.1) is 11.8 Å². The first-order valence-corrected chi connectivity index (χ1v) is 7.32. The van der Waals surface area contributed by atoms with Crippen molar-refractivity contribution in [1.82, 2.24) is 0 Å². The predicted molar refractivity (Wildman–Crippen MR) is 78.6 cm³/mol. The number of carboxylic acids is 1. The van der Waals surface area contributed by atoms with Gasteiger partial charge in [-0.1, -0.05) is 36.4 Å². The van der Waals surface area contributed by atoms with E-state index in [2.05, 4.69) is 0 Å². The molecule has 0 spiro atoms. The first kappa shape index (κ1) is 14.6. The molecule has 0 aliphatic carbocycles. The topological polar surface area (TPSA) is 37.3 Å². The standard InChI is InChI=1S/C16H15FO2S/c17-15-9-5-4-8-13(15)14(16(18)19)10-11-20-12-6-2-1-3-7-12/h1-9,14H,10-11H2,(H,18,19). The molecule has 0 saturated heterocycles. The van der Waals surface area contributed by atoms with Gasteiger partial charge in [-0.05, 0) is 30.4 Å². The summed E-state index contributed by atoms with van der Waals surface area (Å²) in [6.07, 6.45) is 0.399. The molecule has 0 heterocycles. The van der Waals surface area contributed by atoms with E-state index >= 15 is 0 Å². The molecule has 4 heteroatoms. The van der Waals surface area contributed by atoms with E-state index < -0.39 is 17.7 Å². The molecule has 0 amide bonds. The summed E-state index contributed by atoms with van der Waals surface area (Å²) in [5.74, 6) is -1.60. The first-order valence-electron chi connectivity index (χ1n) is 6.33. The fourth-order valence-electron chi connectivity index (χ4n) is 1.98. The Bertz CT molecular complexity index is 572. The van der Waals surface area contributed by atoms with Crippen molar-refractivity contribution >= 4 is 17.7 Å². The van der Waals surface area contributed by atoms with Crippen molar-refractivity contribution in [3.05, 3.63) is 66.0 Å². The number of halogens is 1. The van der Waals surface area contributed by atoms with Crippen molar-refractivity contribution in [3.8, 4) is 0 Å². The highest BCUT2D eigenvalue weighted by molar-refractivity contribution is 7.99. The molecule has 2 nitrogen and oxygen atoms in total. The van der Waals surface area contributed by atoms with E-state index in [0.717, 1.165) is 4.90 Å². The van der Waals surface area contributed by atoms with Crippen LogP contribution in [0.5, 0.6) is 0 Å². The van der Waals surface area contributed by atoms with Crippen LogP contribution in [-0.4, -0.2) is 16.8 Å². The Labute approximate surface area is 121 Å². The lowest BCUT2D eigenvalue weighted by Gasteiger charge is -2.13. The summed E-state index contributed by atoms with van der Waals surface area (Å²) in [4.78, 5) is 12.4. The highest BCUT2D eigenvalue weighted by Gasteiger charge is 2.22. The maximum Gasteiger partial charge on any atom is 0.311 e. The molecular formula is C16H15FO2S. The summed E-state index contributed by atoms with van der Waals surface area (Å²) in [6.45, 7) is 0. The summed E-state index contributed by atoms with van der Waals surface area (Å²) >= 11 is 1.58. The molecular weight excluding hydrogens is 275 g/mol. The summed E-state index contributed by atoms with van der Waals surface area (Å²) in [5, 5.41) is 9.27. The SMILES string of the molecule is O=C(O)C(CCSc1ccccc1)c1ccccc1F. The van der Waals surface area contributed by atoms with Crippen molar-refractivity contribution in [2.45, 2.75) is 17.2 Å². The monoisotopic (exact) mass is 290 g/mol. The predicted octanol–water partition coefficient (Wildman–Crippen LogP) is 4.18. The van der Waals surface area contributed by atoms with E-state index in [1.807, 2.05) is 30.3 Å². The van der Waals surface area contributed by atoms with Gasteiger partial charge in [0, 0.05) is 10.5 Å². The van der Waals surface area contributed by atoms with Crippen LogP contribution in [0.4, 0.5) is 4.39 Å². The van der Waals surface area contributed by atoms with Crippen molar-refractivity contribution in [2.75, 3.05) is 5.75 Å². The number of carbonyl (C=O) groups is 1. The lowest BCUT2D eigenvalue weighted by atomic mass is 9.96. The van der Waals surface area contributed by atoms with E-state index in [-0.39, 0.29) is 5.56 Å². The average Bonchev–Trinajstić information content (AvgIpc) is 2.45. The normalized spacial score (nSPS) is 12.1. The van der Waals surface area contributed by atoms with Gasteiger partial charge in [0.05, 0.1) is 5.92 Å². The molecule has 2 aromatic carbocycles. The Morgan fingerprint density at radius 1 is 1.10 bits per heavy atom. The molecule has 2 aromatic rings. The molecule has 1 atom stereocenters. The molecule has 2 rings (SSSR count). The second kappa shape index (κ2) is 7.10. The Morgan fingerprint density at radius 3 is 2.40 bits per heavy atom. The lowest BCUT2D eigenvalue weighted by Crippen LogP contribution is -2.14. The maximum atomic E-state index is 13.7. The van der Waals surface area contributed by atoms with Crippen LogP contribution < -0.4 is 0 Å². The van der Waals surface area contributed by atoms with Crippen molar-refractivity contribution in [1.29, 1.82) is 0 Å². The number of rotatable bonds is 6. The van der Waals surface area contributed by atoms with Gasteiger partial charge in [-0.2, -0.15) is 0 Å². The van der Waals surface area contributed by atoms with E-state index in [1.165, 1.54) is 6.07 Å². The molecule has 0 aromatic heterocycles. The van der Waals surface area contributed by atoms with Crippen molar-refractivity contribution in [2.24, 2.45) is 0 Å². The fourth-order valence-corrected chi connectivity index (χ4v) is 2.92. The fraction of sp³-hybridized carbons (Fsp3) is 0.188. The number of hydrogen-bond acceptors (Lipinski definition) is 2. The quantitative estimate of drug-likeness (QED) is 0.811. The first-order chi connectivity index (χ1) is 9.68. The van der Waals surface area contributed by atoms with Crippen molar-refractivity contribution in [3.63, 3.8) is 0 Å². The summed E-state index contributed by atoms with van der Waals surface area (Å²) in [6, 6.07) is 15.8. The Morgan fingerprint density at radius 2 is 1.75 bits per heavy atom. The largest absolute Gasteiger partial charge is 0.481 e. The van der Waals surface area contributed by atoms with Gasteiger partial charge < -0.3 is 5.11 Å². The summed E-state index contributed by atoms with van der Waals surface area (Å²) < 4.78 is 13.7. The molecule has 1 N–H and O–H groups in total. The zero-order valence-electron chi connectivity index (χ0n) is 10.8. The number of benzene rings is 2. The van der Waals surface area contributed by atoms with E-state index in [1.54, 1.807) is 30.0 Å². The smallest absolute Gasteiger partial charge is 0.311 e. The minimum absolute atomic E-state index is 0.258. The van der Waals surface area contributed by atoms with E-state index in [9.17, 15) is 14.3 Å². The maximum absolute atomic E-state index is 13.7. The van der Waals surface area contributed by atoms with Crippen LogP contribution in [0, 0.1) is 5.82 Å². The van der Waals surface area contributed by atoms with E-state index in [0.29, 0.717) is 12.2 Å². The van der Waals surface area contributed by atoms with Gasteiger partial charge in [-0.25, -0.2) is 4.39 Å². The van der Waals surface area contributed by atoms with Crippen LogP contribution in [0.3, 0.4) is 0 Å². The third-order valence-electron chi connectivity index (χ3n) is 3.00. The zero-order chi connectivity index (χ0) is 14.4. The third kappa shape index (κ3) is 3.84. The van der Waals surface area contributed by atoms with Gasteiger partial charge in [-0.3, -0.25) is 4.79 Å². The number of thioether (sulfide) groups is 1. The highest BCUT2D eigenvalue weighted by atomic mass is 32.2. The lowest BCUT2D eigenvalue weighted by molar-refractivity contribution is -0.138. The molecule has 0 saturated carbocycles. The van der Waals surface area contributed by atoms with Crippen LogP contribution in [0.2, 0.25) is 0 Å². The van der Waals surface area contributed by atoms with Crippen LogP contribution in [-0.2, 0) is 4.79 Å². The Balaban J connectivity index is 2.01. The molecule has 0 radical (unpaired) electrons. The molecule has 104 valence electrons. The van der Waals surface area contributed by atoms with Gasteiger partial charge >= 0.3 is 5.97 Å². The van der Waals surface area contributed by atoms with Gasteiger partial charge in [0.1, 0.15) is 5.82 Å². The number of hydrogen-bond donors (Lipinski definition) is 1. The molecule has 0 aliphatic heterocycles. The highest BCUT2D eigenvalue weighted by Crippen LogP contribution is 2.27. The molecule has 0 fully saturated rings. The van der Waals surface area contributed by atoms with Crippen LogP contribution >= 0.6 is 11.8 Å². The Kier molecular flexibility index (Phi) is 5.18. The van der Waals surface area contributed by atoms with Gasteiger partial charge in [0.25, 0.3) is 0 Å². The van der Waals surface area contributed by atoms with Crippen LogP contribution in [0.1, 0.15) is 17.9 Å². The van der Waals surface area contributed by atoms with Crippen LogP contribution in [0.15, 0.2) is 59.5 Å². The number of carboxylic acid groups (broad SMARTS) is 1. The van der Waals surface area contributed by atoms with Gasteiger partial charge in [0.15, 0.2) is 0 Å². The second-order valence-corrected chi connectivity index (χ2v) is 5.53. The minimum Gasteiger partial charge on any atom is -0.481 e. The zero-order valence-corrected chi connectivity index (χ0v) is 11.6. The summed E-state index contributed by atoms with van der Waals surface area (Å²) in [5.41, 5.74) is 0.258. The van der Waals surface area contributed by atoms with Gasteiger partial charge in [0.2, 0.25) is 0 Å². The molecule has 0 aliphatic rings. The van der Waals surface area contributed by atoms with Crippen LogP contribution in [0.25, 0.3) is 0 Å². The minimum atomic E-state index is -0.983. The molecule has 1 unspecified atom stereocenters. The third-order valence-corrected chi connectivity index (χ3v) is 4.04. The molecule has 20 heavy (non-hydrogen) atoms. The second-order valence-electron chi connectivity index (χ2n) is 4.36. The molecule has 0 bridgehead atoms. The Hall–Kier alpha value is -1.81.